The van der Waals surface area contributed by atoms with Crippen molar-refractivity contribution in [3.05, 3.63) is 86.5 Å². The van der Waals surface area contributed by atoms with Gasteiger partial charge in [0.05, 0.1) is 82.2 Å². The molecule has 0 fully saturated rings. The van der Waals surface area contributed by atoms with Gasteiger partial charge in [0.25, 0.3) is 0 Å². The summed E-state index contributed by atoms with van der Waals surface area (Å²) >= 11 is 22.0. The van der Waals surface area contributed by atoms with E-state index in [0.717, 1.165) is 48.5 Å². The summed E-state index contributed by atoms with van der Waals surface area (Å²) in [5, 5.41) is 0. The zero-order valence-electron chi connectivity index (χ0n) is 35.7. The van der Waals surface area contributed by atoms with E-state index in [-0.39, 0.29) is 0 Å². The van der Waals surface area contributed by atoms with Gasteiger partial charge in [-0.1, -0.05) is 105 Å². The Morgan fingerprint density at radius 2 is 0.550 bits per heavy atom. The highest BCUT2D eigenvalue weighted by Crippen LogP contribution is 2.39. The molecule has 0 saturated heterocycles. The van der Waals surface area contributed by atoms with Crippen LogP contribution in [0, 0.1) is 0 Å². The van der Waals surface area contributed by atoms with Crippen molar-refractivity contribution < 1.29 is 0 Å². The number of unbranched alkanes of at least 4 members (excludes halogenated alkanes) is 12. The molecule has 6 heterocycles. The van der Waals surface area contributed by atoms with Gasteiger partial charge in [-0.05, 0) is 162 Å². The van der Waals surface area contributed by atoms with Crippen molar-refractivity contribution in [2.45, 2.75) is 156 Å². The summed E-state index contributed by atoms with van der Waals surface area (Å²) in [6, 6.07) is 9.11. The largest absolute Gasteiger partial charge is 0.251 e. The first-order valence-corrected chi connectivity index (χ1v) is 28.5. The number of halogens is 4. The summed E-state index contributed by atoms with van der Waals surface area (Å²) < 4.78 is 4.93. The second-order valence-electron chi connectivity index (χ2n) is 15.5. The third-order valence-corrected chi connectivity index (χ3v) is 18.5. The molecule has 60 heavy (non-hydrogen) atoms. The van der Waals surface area contributed by atoms with Gasteiger partial charge in [-0.3, -0.25) is 19.9 Å². The Morgan fingerprint density at radius 3 is 0.733 bits per heavy atom. The lowest BCUT2D eigenvalue weighted by molar-refractivity contribution is 0.667. The van der Waals surface area contributed by atoms with E-state index in [2.05, 4.69) is 116 Å². The van der Waals surface area contributed by atoms with Gasteiger partial charge in [-0.2, -0.15) is 0 Å². The third kappa shape index (κ3) is 15.5. The van der Waals surface area contributed by atoms with Crippen molar-refractivity contribution in [3.8, 4) is 42.3 Å². The van der Waals surface area contributed by atoms with E-state index >= 15 is 0 Å². The first kappa shape index (κ1) is 49.9. The summed E-state index contributed by atoms with van der Waals surface area (Å²) in [6.45, 7) is 9.02. The molecule has 0 aliphatic rings. The van der Waals surface area contributed by atoms with Crippen LogP contribution in [0.2, 0.25) is 0 Å². The Morgan fingerprint density at radius 1 is 0.333 bits per heavy atom. The average Bonchev–Trinajstić information content (AvgIpc) is 4.04. The summed E-state index contributed by atoms with van der Waals surface area (Å²) in [5.41, 5.74) is 9.41. The zero-order valence-corrected chi connectivity index (χ0v) is 45.3. The van der Waals surface area contributed by atoms with Gasteiger partial charge in [0, 0.05) is 0 Å². The van der Waals surface area contributed by atoms with Gasteiger partial charge < -0.3 is 0 Å². The van der Waals surface area contributed by atoms with Crippen LogP contribution in [0.4, 0.5) is 0 Å². The molecule has 0 aliphatic heterocycles. The normalized spacial score (nSPS) is 11.3. The fourth-order valence-electron chi connectivity index (χ4n) is 6.95. The lowest BCUT2D eigenvalue weighted by atomic mass is 10.1. The molecule has 0 atom stereocenters. The van der Waals surface area contributed by atoms with Gasteiger partial charge in [0.15, 0.2) is 0 Å². The van der Waals surface area contributed by atoms with Gasteiger partial charge >= 0.3 is 0 Å². The van der Waals surface area contributed by atoms with Gasteiger partial charge in [0.2, 0.25) is 0 Å². The molecule has 4 nitrogen and oxygen atoms in total. The molecule has 324 valence electrons. The van der Waals surface area contributed by atoms with Crippen LogP contribution in [0.15, 0.2) is 64.2 Å². The maximum absolute atomic E-state index is 4.73. The Labute approximate surface area is 409 Å². The summed E-state index contributed by atoms with van der Waals surface area (Å²) in [4.78, 5) is 23.7. The number of hydrogen-bond donors (Lipinski definition) is 0. The number of aromatic nitrogens is 4. The van der Waals surface area contributed by atoms with E-state index in [4.69, 9.17) is 19.9 Å². The van der Waals surface area contributed by atoms with Gasteiger partial charge in [0.1, 0.15) is 0 Å². The molecule has 0 spiro atoms. The second kappa shape index (κ2) is 27.3. The molecule has 6 rings (SSSR count). The lowest BCUT2D eigenvalue weighted by Crippen LogP contribution is -1.87. The smallest absolute Gasteiger partial charge is 0.0985 e. The Hall–Kier alpha value is -1.12. The molecular formula is C48H60Br4N4S4. The quantitative estimate of drug-likeness (QED) is 0.0567. The lowest BCUT2D eigenvalue weighted by Gasteiger charge is -2.00. The van der Waals surface area contributed by atoms with Crippen LogP contribution >= 0.6 is 109 Å². The standard InChI is InChI=1S/2C24H30Br2N2S2/c2*1-3-5-7-9-11-17-13-21(29-23(17)25)19-15-28-20(16-27-19)22-14-18(24(26)30-22)12-10-8-6-4-2/h2*13-16H,3-12H2,1-2H3. The van der Waals surface area contributed by atoms with Crippen molar-refractivity contribution in [2.24, 2.45) is 0 Å². The Balaban J connectivity index is 0.000000228. The first-order valence-electron chi connectivity index (χ1n) is 22.0. The minimum atomic E-state index is 0.958. The molecule has 0 saturated carbocycles. The average molecular weight is 1140 g/mol. The molecule has 6 aromatic rings. The molecule has 0 radical (unpaired) electrons. The monoisotopic (exact) mass is 1140 g/mol. The number of hydrogen-bond acceptors (Lipinski definition) is 8. The topological polar surface area (TPSA) is 51.6 Å². The fraction of sp³-hybridized carbons (Fsp3) is 0.500. The number of rotatable bonds is 24. The highest BCUT2D eigenvalue weighted by Gasteiger charge is 2.15. The molecule has 0 aliphatic carbocycles. The van der Waals surface area contributed by atoms with Gasteiger partial charge in [-0.25, -0.2) is 0 Å². The van der Waals surface area contributed by atoms with Crippen LogP contribution in [0.5, 0.6) is 0 Å². The Bertz CT molecular complexity index is 1830. The van der Waals surface area contributed by atoms with E-state index < -0.39 is 0 Å². The highest BCUT2D eigenvalue weighted by molar-refractivity contribution is 9.11. The summed E-state index contributed by atoms with van der Waals surface area (Å²) in [6.07, 6.45) is 32.8. The zero-order chi connectivity index (χ0) is 42.7. The molecule has 0 bridgehead atoms. The summed E-state index contributed by atoms with van der Waals surface area (Å²) in [5.74, 6) is 0. The molecule has 0 unspecified atom stereocenters. The minimum absolute atomic E-state index is 0.958. The van der Waals surface area contributed by atoms with Crippen LogP contribution in [0.1, 0.15) is 153 Å². The van der Waals surface area contributed by atoms with Crippen molar-refractivity contribution in [1.82, 2.24) is 19.9 Å². The van der Waals surface area contributed by atoms with Crippen molar-refractivity contribution in [3.63, 3.8) is 0 Å². The molecule has 0 aromatic carbocycles. The molecule has 0 amide bonds. The molecule has 6 aromatic heterocycles. The van der Waals surface area contributed by atoms with Crippen molar-refractivity contribution in [1.29, 1.82) is 0 Å². The third-order valence-electron chi connectivity index (χ3n) is 10.5. The van der Waals surface area contributed by atoms with Crippen molar-refractivity contribution in [2.75, 3.05) is 0 Å². The maximum atomic E-state index is 4.73. The van der Waals surface area contributed by atoms with E-state index in [1.807, 2.05) is 24.8 Å². The van der Waals surface area contributed by atoms with Crippen LogP contribution in [-0.4, -0.2) is 19.9 Å². The fourth-order valence-corrected chi connectivity index (χ4v) is 13.9. The van der Waals surface area contributed by atoms with Crippen LogP contribution in [0.25, 0.3) is 42.3 Å². The number of thiophene rings is 4. The highest BCUT2D eigenvalue weighted by atomic mass is 79.9. The number of nitrogens with zero attached hydrogens (tertiary/aromatic N) is 4. The Kier molecular flexibility index (Phi) is 22.7. The SMILES string of the molecule is CCCCCCc1cc(-c2cnc(-c3cc(CCCCCC)c(Br)s3)cn2)sc1Br.CCCCCCc1cc(-c2cnc(-c3cc(CCCCCC)c(Br)s3)cn2)sc1Br. The van der Waals surface area contributed by atoms with Crippen LogP contribution in [-0.2, 0) is 25.7 Å². The minimum Gasteiger partial charge on any atom is -0.251 e. The van der Waals surface area contributed by atoms with E-state index in [9.17, 15) is 0 Å². The maximum Gasteiger partial charge on any atom is 0.0985 e. The van der Waals surface area contributed by atoms with E-state index in [0.29, 0.717) is 0 Å². The predicted molar refractivity (Wildman–Crippen MR) is 279 cm³/mol. The molecule has 0 N–H and O–H groups in total. The van der Waals surface area contributed by atoms with E-state index in [1.54, 1.807) is 45.3 Å². The molecule has 12 heteroatoms. The van der Waals surface area contributed by atoms with Crippen LogP contribution in [0.3, 0.4) is 0 Å². The van der Waals surface area contributed by atoms with Gasteiger partial charge in [-0.15, -0.1) is 45.3 Å². The predicted octanol–water partition coefficient (Wildman–Crippen LogP) is 19.4. The van der Waals surface area contributed by atoms with E-state index in [1.165, 1.54) is 160 Å². The number of aryl methyl sites for hydroxylation is 4. The molecular weight excluding hydrogens is 1080 g/mol. The second-order valence-corrected chi connectivity index (χ2v) is 24.9. The first-order chi connectivity index (χ1) is 29.2. The van der Waals surface area contributed by atoms with Crippen molar-refractivity contribution >= 4 is 109 Å². The summed E-state index contributed by atoms with van der Waals surface area (Å²) in [7, 11) is 0. The van der Waals surface area contributed by atoms with Crippen LogP contribution < -0.4 is 0 Å².